The van der Waals surface area contributed by atoms with E-state index in [2.05, 4.69) is 4.74 Å². The summed E-state index contributed by atoms with van der Waals surface area (Å²) >= 11 is 0. The van der Waals surface area contributed by atoms with Crippen molar-refractivity contribution in [2.24, 2.45) is 5.92 Å². The van der Waals surface area contributed by atoms with Gasteiger partial charge in [0.2, 0.25) is 0 Å². The number of hydrogen-bond acceptors (Lipinski definition) is 3. The van der Waals surface area contributed by atoms with Crippen LogP contribution in [0.3, 0.4) is 0 Å². The molecule has 14 heavy (non-hydrogen) atoms. The Morgan fingerprint density at radius 2 is 1.86 bits per heavy atom. The maximum Gasteiger partial charge on any atom is 0.308 e. The highest BCUT2D eigenvalue weighted by atomic mass is 19.1. The van der Waals surface area contributed by atoms with Crippen molar-refractivity contribution in [3.63, 3.8) is 0 Å². The Kier molecular flexibility index (Phi) is 3.24. The van der Waals surface area contributed by atoms with E-state index in [0.717, 1.165) is 0 Å². The van der Waals surface area contributed by atoms with Crippen molar-refractivity contribution < 1.29 is 18.7 Å². The minimum absolute atomic E-state index is 0.141. The second-order valence-electron chi connectivity index (χ2n) is 3.82. The number of hydrogen-bond donors (Lipinski definition) is 0. The Morgan fingerprint density at radius 3 is 2.21 bits per heavy atom. The van der Waals surface area contributed by atoms with E-state index in [0.29, 0.717) is 12.8 Å². The lowest BCUT2D eigenvalue weighted by molar-refractivity contribution is -0.149. The molecule has 0 atom stereocenters. The van der Waals surface area contributed by atoms with Crippen molar-refractivity contribution in [2.75, 3.05) is 7.11 Å². The SMILES string of the molecule is COC(=O)C1CCC(F)(C(C)=O)CC1. The number of halogens is 1. The highest BCUT2D eigenvalue weighted by Gasteiger charge is 2.41. The van der Waals surface area contributed by atoms with Gasteiger partial charge >= 0.3 is 5.97 Å². The molecule has 80 valence electrons. The first kappa shape index (κ1) is 11.1. The van der Waals surface area contributed by atoms with Crippen molar-refractivity contribution >= 4 is 11.8 Å². The Labute approximate surface area is 82.6 Å². The van der Waals surface area contributed by atoms with Crippen molar-refractivity contribution in [1.29, 1.82) is 0 Å². The molecule has 0 saturated heterocycles. The van der Waals surface area contributed by atoms with E-state index < -0.39 is 11.5 Å². The molecular weight excluding hydrogens is 187 g/mol. The number of alkyl halides is 1. The van der Waals surface area contributed by atoms with Crippen LogP contribution >= 0.6 is 0 Å². The Bertz CT molecular complexity index is 242. The molecule has 0 aliphatic heterocycles. The average Bonchev–Trinajstić information content (AvgIpc) is 2.17. The summed E-state index contributed by atoms with van der Waals surface area (Å²) in [5.41, 5.74) is -1.70. The monoisotopic (exact) mass is 202 g/mol. The maximum atomic E-state index is 13.7. The topological polar surface area (TPSA) is 43.4 Å². The first-order valence-electron chi connectivity index (χ1n) is 4.77. The Balaban J connectivity index is 2.54. The van der Waals surface area contributed by atoms with Crippen molar-refractivity contribution in [3.05, 3.63) is 0 Å². The first-order chi connectivity index (χ1) is 6.49. The smallest absolute Gasteiger partial charge is 0.308 e. The number of ether oxygens (including phenoxy) is 1. The van der Waals surface area contributed by atoms with Gasteiger partial charge in [-0.2, -0.15) is 0 Å². The summed E-state index contributed by atoms with van der Waals surface area (Å²) in [4.78, 5) is 22.1. The summed E-state index contributed by atoms with van der Waals surface area (Å²) in [6.45, 7) is 1.26. The van der Waals surface area contributed by atoms with E-state index in [4.69, 9.17) is 0 Å². The van der Waals surface area contributed by atoms with Crippen LogP contribution < -0.4 is 0 Å². The van der Waals surface area contributed by atoms with Gasteiger partial charge in [0.1, 0.15) is 0 Å². The van der Waals surface area contributed by atoms with Gasteiger partial charge in [-0.25, -0.2) is 4.39 Å². The summed E-state index contributed by atoms with van der Waals surface area (Å²) in [5, 5.41) is 0. The third-order valence-electron chi connectivity index (χ3n) is 2.94. The van der Waals surface area contributed by atoms with E-state index in [1.54, 1.807) is 0 Å². The predicted molar refractivity (Wildman–Crippen MR) is 48.5 cm³/mol. The van der Waals surface area contributed by atoms with Gasteiger partial charge in [-0.1, -0.05) is 0 Å². The maximum absolute atomic E-state index is 13.7. The van der Waals surface area contributed by atoms with Crippen LogP contribution in [-0.4, -0.2) is 24.5 Å². The lowest BCUT2D eigenvalue weighted by Crippen LogP contribution is -2.38. The second kappa shape index (κ2) is 4.07. The molecule has 0 bridgehead atoms. The van der Waals surface area contributed by atoms with E-state index >= 15 is 0 Å². The lowest BCUT2D eigenvalue weighted by Gasteiger charge is -2.30. The number of rotatable bonds is 2. The number of carbonyl (C=O) groups is 2. The Hall–Kier alpha value is -0.930. The third kappa shape index (κ3) is 2.11. The van der Waals surface area contributed by atoms with Crippen molar-refractivity contribution in [1.82, 2.24) is 0 Å². The molecule has 0 aromatic carbocycles. The van der Waals surface area contributed by atoms with E-state index in [1.165, 1.54) is 14.0 Å². The van der Waals surface area contributed by atoms with Gasteiger partial charge in [0.05, 0.1) is 13.0 Å². The van der Waals surface area contributed by atoms with Gasteiger partial charge in [0.15, 0.2) is 11.5 Å². The summed E-state index contributed by atoms with van der Waals surface area (Å²) in [7, 11) is 1.32. The highest BCUT2D eigenvalue weighted by molar-refractivity contribution is 5.85. The van der Waals surface area contributed by atoms with Crippen LogP contribution in [0.5, 0.6) is 0 Å². The third-order valence-corrected chi connectivity index (χ3v) is 2.94. The zero-order valence-corrected chi connectivity index (χ0v) is 8.51. The standard InChI is InChI=1S/C10H15FO3/c1-7(12)10(11)5-3-8(4-6-10)9(13)14-2/h8H,3-6H2,1-2H3. The molecule has 3 nitrogen and oxygen atoms in total. The molecule has 0 aromatic heterocycles. The summed E-state index contributed by atoms with van der Waals surface area (Å²) in [6, 6.07) is 0. The van der Waals surface area contributed by atoms with Gasteiger partial charge in [0.25, 0.3) is 0 Å². The number of ketones is 1. The quantitative estimate of drug-likeness (QED) is 0.639. The molecule has 0 spiro atoms. The van der Waals surface area contributed by atoms with Gasteiger partial charge < -0.3 is 4.74 Å². The molecule has 1 rings (SSSR count). The fraction of sp³-hybridized carbons (Fsp3) is 0.800. The molecule has 1 fully saturated rings. The molecule has 1 aliphatic rings. The zero-order chi connectivity index (χ0) is 10.8. The van der Waals surface area contributed by atoms with Crippen LogP contribution in [0.4, 0.5) is 4.39 Å². The normalized spacial score (nSPS) is 32.4. The number of Topliss-reactive ketones (excluding diaryl/α,β-unsaturated/α-hetero) is 1. The molecule has 0 aromatic rings. The van der Waals surface area contributed by atoms with Crippen molar-refractivity contribution in [2.45, 2.75) is 38.3 Å². The predicted octanol–water partition coefficient (Wildman–Crippen LogP) is 1.65. The first-order valence-corrected chi connectivity index (χ1v) is 4.77. The second-order valence-corrected chi connectivity index (χ2v) is 3.82. The lowest BCUT2D eigenvalue weighted by atomic mass is 9.78. The number of carbonyl (C=O) groups excluding carboxylic acids is 2. The molecule has 0 radical (unpaired) electrons. The van der Waals surface area contributed by atoms with Crippen LogP contribution in [0, 0.1) is 5.92 Å². The molecule has 0 heterocycles. The van der Waals surface area contributed by atoms with Crippen LogP contribution in [0.15, 0.2) is 0 Å². The van der Waals surface area contributed by atoms with Crippen molar-refractivity contribution in [3.8, 4) is 0 Å². The van der Waals surface area contributed by atoms with Gasteiger partial charge in [-0.15, -0.1) is 0 Å². The van der Waals surface area contributed by atoms with E-state index in [1.807, 2.05) is 0 Å². The molecule has 1 saturated carbocycles. The van der Waals surface area contributed by atoms with Crippen LogP contribution in [-0.2, 0) is 14.3 Å². The molecule has 0 amide bonds. The molecule has 4 heteroatoms. The largest absolute Gasteiger partial charge is 0.469 e. The fourth-order valence-corrected chi connectivity index (χ4v) is 1.83. The van der Waals surface area contributed by atoms with Crippen LogP contribution in [0.1, 0.15) is 32.6 Å². The van der Waals surface area contributed by atoms with Crippen LogP contribution in [0.2, 0.25) is 0 Å². The average molecular weight is 202 g/mol. The van der Waals surface area contributed by atoms with Gasteiger partial charge in [-0.05, 0) is 32.6 Å². The highest BCUT2D eigenvalue weighted by Crippen LogP contribution is 2.36. The Morgan fingerprint density at radius 1 is 1.36 bits per heavy atom. The fourth-order valence-electron chi connectivity index (χ4n) is 1.83. The molecule has 1 aliphatic carbocycles. The molecule has 0 unspecified atom stereocenters. The minimum Gasteiger partial charge on any atom is -0.469 e. The zero-order valence-electron chi connectivity index (χ0n) is 8.51. The van der Waals surface area contributed by atoms with E-state index in [-0.39, 0.29) is 24.7 Å². The summed E-state index contributed by atoms with van der Waals surface area (Å²) in [5.74, 6) is -0.959. The summed E-state index contributed by atoms with van der Waals surface area (Å²) in [6.07, 6.45) is 1.09. The van der Waals surface area contributed by atoms with Gasteiger partial charge in [0, 0.05) is 0 Å². The summed E-state index contributed by atoms with van der Waals surface area (Å²) < 4.78 is 18.3. The molecule has 0 N–H and O–H groups in total. The molecular formula is C10H15FO3. The number of methoxy groups -OCH3 is 1. The van der Waals surface area contributed by atoms with Gasteiger partial charge in [-0.3, -0.25) is 9.59 Å². The van der Waals surface area contributed by atoms with Crippen LogP contribution in [0.25, 0.3) is 0 Å². The number of esters is 1. The van der Waals surface area contributed by atoms with E-state index in [9.17, 15) is 14.0 Å². The minimum atomic E-state index is -1.70.